The Morgan fingerprint density at radius 2 is 1.92 bits per heavy atom. The number of hydrogen-bond acceptors (Lipinski definition) is 9. The molecule has 0 saturated carbocycles. The Hall–Kier alpha value is -4.20. The number of pyridine rings is 1. The van der Waals surface area contributed by atoms with Gasteiger partial charge in [-0.2, -0.15) is 5.26 Å². The zero-order valence-corrected chi connectivity index (χ0v) is 21.2. The van der Waals surface area contributed by atoms with Crippen LogP contribution in [0.2, 0.25) is 0 Å². The van der Waals surface area contributed by atoms with E-state index in [1.54, 1.807) is 13.0 Å². The predicted octanol–water partition coefficient (Wildman–Crippen LogP) is 5.07. The van der Waals surface area contributed by atoms with E-state index in [4.69, 9.17) is 13.9 Å². The van der Waals surface area contributed by atoms with Gasteiger partial charge in [-0.25, -0.2) is 14.8 Å². The van der Waals surface area contributed by atoms with Crippen molar-refractivity contribution in [3.8, 4) is 34.5 Å². The molecule has 37 heavy (non-hydrogen) atoms. The van der Waals surface area contributed by atoms with Gasteiger partial charge in [0, 0.05) is 41.7 Å². The number of aryl methyl sites for hydroxylation is 2. The summed E-state index contributed by atoms with van der Waals surface area (Å²) in [6.07, 6.45) is 0. The number of carboxylic acid groups (broad SMARTS) is 1. The van der Waals surface area contributed by atoms with E-state index in [1.165, 1.54) is 6.07 Å². The lowest BCUT2D eigenvalue weighted by atomic mass is 10.0. The molecule has 5 rings (SSSR count). The van der Waals surface area contributed by atoms with Gasteiger partial charge in [0.25, 0.3) is 0 Å². The quantitative estimate of drug-likeness (QED) is 0.359. The number of thiophene rings is 1. The number of aromatic carboxylic acids is 1. The highest BCUT2D eigenvalue weighted by molar-refractivity contribution is 7.13. The standard InChI is InChI=1S/C27H24N4O5S/c1-16-25(36-17(2)29-16)21-13-23(18-3-5-19(6-4-18)31-9-11-34-12-10-31)30-26(22(21)14-28)35-15-20-7-8-24(37-20)27(32)33/h3-8,13H,9-12,15H2,1-2H3,(H,32,33). The van der Waals surface area contributed by atoms with Crippen molar-refractivity contribution in [2.45, 2.75) is 20.5 Å². The van der Waals surface area contributed by atoms with E-state index in [9.17, 15) is 15.2 Å². The number of nitrogens with zero attached hydrogens (tertiary/aromatic N) is 4. The summed E-state index contributed by atoms with van der Waals surface area (Å²) in [6.45, 7) is 6.74. The van der Waals surface area contributed by atoms with E-state index in [2.05, 4.69) is 20.9 Å². The lowest BCUT2D eigenvalue weighted by Gasteiger charge is -2.28. The first-order chi connectivity index (χ1) is 17.9. The Balaban J connectivity index is 1.53. The Kier molecular flexibility index (Phi) is 6.90. The number of carbonyl (C=O) groups is 1. The molecule has 0 atom stereocenters. The van der Waals surface area contributed by atoms with Crippen LogP contribution >= 0.6 is 11.3 Å². The number of hydrogen-bond donors (Lipinski definition) is 1. The summed E-state index contributed by atoms with van der Waals surface area (Å²) in [5.41, 5.74) is 3.99. The predicted molar refractivity (Wildman–Crippen MR) is 138 cm³/mol. The molecule has 0 unspecified atom stereocenters. The van der Waals surface area contributed by atoms with Crippen LogP contribution in [-0.4, -0.2) is 47.3 Å². The highest BCUT2D eigenvalue weighted by Crippen LogP contribution is 2.36. The van der Waals surface area contributed by atoms with Gasteiger partial charge in [-0.15, -0.1) is 11.3 Å². The number of rotatable bonds is 7. The van der Waals surface area contributed by atoms with Crippen molar-refractivity contribution in [1.29, 1.82) is 5.26 Å². The van der Waals surface area contributed by atoms with Crippen LogP contribution in [0.25, 0.3) is 22.6 Å². The van der Waals surface area contributed by atoms with Crippen molar-refractivity contribution < 1.29 is 23.8 Å². The number of aromatic nitrogens is 2. The summed E-state index contributed by atoms with van der Waals surface area (Å²) in [5.74, 6) is 0.127. The maximum atomic E-state index is 11.2. The van der Waals surface area contributed by atoms with Gasteiger partial charge in [0.15, 0.2) is 11.7 Å². The summed E-state index contributed by atoms with van der Waals surface area (Å²) in [4.78, 5) is 23.5. The molecule has 1 fully saturated rings. The van der Waals surface area contributed by atoms with Crippen molar-refractivity contribution in [3.05, 3.63) is 69.4 Å². The SMILES string of the molecule is Cc1nc(C)c(-c2cc(-c3ccc(N4CCOCC4)cc3)nc(OCc3ccc(C(=O)O)s3)c2C#N)o1. The molecule has 4 aromatic rings. The van der Waals surface area contributed by atoms with Crippen LogP contribution in [0.5, 0.6) is 5.88 Å². The Bertz CT molecular complexity index is 1480. The number of anilines is 1. The molecule has 1 aromatic carbocycles. The fourth-order valence-corrected chi connectivity index (χ4v) is 4.98. The minimum absolute atomic E-state index is 0.0763. The number of nitriles is 1. The van der Waals surface area contributed by atoms with Gasteiger partial charge in [0.05, 0.1) is 24.6 Å². The Labute approximate surface area is 217 Å². The van der Waals surface area contributed by atoms with Gasteiger partial charge in [0.2, 0.25) is 5.88 Å². The third kappa shape index (κ3) is 5.18. The number of carboxylic acids is 1. The summed E-state index contributed by atoms with van der Waals surface area (Å²) in [7, 11) is 0. The largest absolute Gasteiger partial charge is 0.477 e. The van der Waals surface area contributed by atoms with Gasteiger partial charge in [-0.1, -0.05) is 12.1 Å². The molecule has 188 valence electrons. The van der Waals surface area contributed by atoms with E-state index >= 15 is 0 Å². The monoisotopic (exact) mass is 516 g/mol. The topological polar surface area (TPSA) is 122 Å². The maximum Gasteiger partial charge on any atom is 0.345 e. The molecule has 0 amide bonds. The fourth-order valence-electron chi connectivity index (χ4n) is 4.22. The molecule has 1 aliphatic heterocycles. The summed E-state index contributed by atoms with van der Waals surface area (Å²) in [5, 5.41) is 19.3. The van der Waals surface area contributed by atoms with Crippen LogP contribution in [0.3, 0.4) is 0 Å². The normalized spacial score (nSPS) is 13.4. The molecule has 9 nitrogen and oxygen atoms in total. The van der Waals surface area contributed by atoms with Crippen LogP contribution in [0.1, 0.15) is 31.7 Å². The van der Waals surface area contributed by atoms with E-state index < -0.39 is 5.97 Å². The van der Waals surface area contributed by atoms with Crippen LogP contribution in [0.15, 0.2) is 46.9 Å². The number of morpholine rings is 1. The average Bonchev–Trinajstić information content (AvgIpc) is 3.53. The molecule has 4 heterocycles. The Morgan fingerprint density at radius 1 is 1.16 bits per heavy atom. The molecule has 0 radical (unpaired) electrons. The molecule has 1 saturated heterocycles. The number of benzene rings is 1. The molecule has 0 bridgehead atoms. The van der Waals surface area contributed by atoms with Gasteiger partial charge in [-0.05, 0) is 37.3 Å². The lowest BCUT2D eigenvalue weighted by Crippen LogP contribution is -2.36. The van der Waals surface area contributed by atoms with Crippen molar-refractivity contribution in [2.24, 2.45) is 0 Å². The second-order valence-electron chi connectivity index (χ2n) is 8.50. The smallest absolute Gasteiger partial charge is 0.345 e. The molecule has 0 spiro atoms. The van der Waals surface area contributed by atoms with Crippen molar-refractivity contribution in [2.75, 3.05) is 31.2 Å². The van der Waals surface area contributed by atoms with Crippen molar-refractivity contribution >= 4 is 23.0 Å². The fraction of sp³-hybridized carbons (Fsp3) is 0.259. The first kappa shape index (κ1) is 24.5. The number of ether oxygens (including phenoxy) is 2. The van der Waals surface area contributed by atoms with Gasteiger partial charge in [-0.3, -0.25) is 0 Å². The molecule has 10 heteroatoms. The van der Waals surface area contributed by atoms with Crippen LogP contribution < -0.4 is 9.64 Å². The lowest BCUT2D eigenvalue weighted by molar-refractivity contribution is 0.0702. The summed E-state index contributed by atoms with van der Waals surface area (Å²) in [6, 6.07) is 15.3. The number of oxazole rings is 1. The minimum atomic E-state index is -0.993. The van der Waals surface area contributed by atoms with E-state index in [1.807, 2.05) is 37.3 Å². The van der Waals surface area contributed by atoms with Crippen LogP contribution in [-0.2, 0) is 11.3 Å². The van der Waals surface area contributed by atoms with Gasteiger partial charge >= 0.3 is 5.97 Å². The van der Waals surface area contributed by atoms with Gasteiger partial charge in [0.1, 0.15) is 23.1 Å². The third-order valence-corrected chi connectivity index (χ3v) is 7.06. The summed E-state index contributed by atoms with van der Waals surface area (Å²) >= 11 is 1.12. The zero-order chi connectivity index (χ0) is 25.9. The van der Waals surface area contributed by atoms with E-state index in [0.717, 1.165) is 35.7 Å². The third-order valence-electron chi connectivity index (χ3n) is 6.01. The average molecular weight is 517 g/mol. The highest BCUT2D eigenvalue weighted by Gasteiger charge is 2.22. The minimum Gasteiger partial charge on any atom is -0.477 e. The molecule has 1 N–H and O–H groups in total. The first-order valence-corrected chi connectivity index (χ1v) is 12.5. The van der Waals surface area contributed by atoms with Crippen molar-refractivity contribution in [3.63, 3.8) is 0 Å². The molecule has 0 aliphatic carbocycles. The zero-order valence-electron chi connectivity index (χ0n) is 20.4. The maximum absolute atomic E-state index is 11.2. The Morgan fingerprint density at radius 3 is 2.54 bits per heavy atom. The molecular formula is C27H24N4O5S. The van der Waals surface area contributed by atoms with Crippen LogP contribution in [0, 0.1) is 25.2 Å². The van der Waals surface area contributed by atoms with Crippen LogP contribution in [0.4, 0.5) is 5.69 Å². The van der Waals surface area contributed by atoms with Gasteiger partial charge < -0.3 is 23.9 Å². The highest BCUT2D eigenvalue weighted by atomic mass is 32.1. The molecular weight excluding hydrogens is 492 g/mol. The molecule has 1 aliphatic rings. The molecule has 3 aromatic heterocycles. The summed E-state index contributed by atoms with van der Waals surface area (Å²) < 4.78 is 17.3. The second-order valence-corrected chi connectivity index (χ2v) is 9.67. The van der Waals surface area contributed by atoms with E-state index in [-0.39, 0.29) is 22.9 Å². The second kappa shape index (κ2) is 10.4. The van der Waals surface area contributed by atoms with E-state index in [0.29, 0.717) is 46.7 Å². The first-order valence-electron chi connectivity index (χ1n) is 11.7. The van der Waals surface area contributed by atoms with Crippen molar-refractivity contribution in [1.82, 2.24) is 9.97 Å².